The first-order valence-corrected chi connectivity index (χ1v) is 5.99. The highest BCUT2D eigenvalue weighted by atomic mass is 15.3. The largest absolute Gasteiger partial charge is 0.367 e. The molecule has 18 heavy (non-hydrogen) atoms. The van der Waals surface area contributed by atoms with Crippen molar-refractivity contribution in [3.8, 4) is 0 Å². The number of fused-ring (bicyclic) bond motifs is 1. The van der Waals surface area contributed by atoms with Gasteiger partial charge in [0.05, 0.1) is 6.54 Å². The van der Waals surface area contributed by atoms with Gasteiger partial charge in [-0.05, 0) is 25.1 Å². The second-order valence-electron chi connectivity index (χ2n) is 4.34. The van der Waals surface area contributed by atoms with Crippen LogP contribution in [0, 0.1) is 0 Å². The Morgan fingerprint density at radius 3 is 3.00 bits per heavy atom. The third-order valence-electron chi connectivity index (χ3n) is 2.84. The van der Waals surface area contributed by atoms with E-state index in [1.54, 1.807) is 12.4 Å². The van der Waals surface area contributed by atoms with Crippen LogP contribution in [0.1, 0.15) is 6.92 Å². The molecule has 0 amide bonds. The summed E-state index contributed by atoms with van der Waals surface area (Å²) >= 11 is 0. The summed E-state index contributed by atoms with van der Waals surface area (Å²) in [6, 6.07) is 8.27. The number of nitrogens with zero attached hydrogens (tertiary/aromatic N) is 4. The Bertz CT molecular complexity index is 626. The molecule has 3 rings (SSSR count). The molecule has 1 N–H and O–H groups in total. The summed E-state index contributed by atoms with van der Waals surface area (Å²) in [5.41, 5.74) is 0.950. The average Bonchev–Trinajstić information content (AvgIpc) is 2.99. The Morgan fingerprint density at radius 1 is 1.22 bits per heavy atom. The van der Waals surface area contributed by atoms with E-state index in [-0.39, 0.29) is 6.04 Å². The highest BCUT2D eigenvalue weighted by Crippen LogP contribution is 2.12. The summed E-state index contributed by atoms with van der Waals surface area (Å²) < 4.78 is 3.96. The van der Waals surface area contributed by atoms with Gasteiger partial charge in [-0.25, -0.2) is 4.98 Å². The van der Waals surface area contributed by atoms with Crippen LogP contribution in [0.4, 0.5) is 5.82 Å². The molecule has 5 nitrogen and oxygen atoms in total. The van der Waals surface area contributed by atoms with E-state index in [1.807, 2.05) is 45.7 Å². The van der Waals surface area contributed by atoms with Crippen LogP contribution in [0.3, 0.4) is 0 Å². The molecule has 0 aliphatic rings. The molecule has 0 bridgehead atoms. The van der Waals surface area contributed by atoms with Crippen molar-refractivity contribution in [2.24, 2.45) is 0 Å². The molecule has 92 valence electrons. The van der Waals surface area contributed by atoms with Gasteiger partial charge in [-0.15, -0.1) is 0 Å². The van der Waals surface area contributed by atoms with E-state index in [1.165, 1.54) is 0 Å². The second kappa shape index (κ2) is 4.52. The van der Waals surface area contributed by atoms with Gasteiger partial charge in [-0.3, -0.25) is 9.08 Å². The lowest BCUT2D eigenvalue weighted by Gasteiger charge is -2.16. The van der Waals surface area contributed by atoms with E-state index in [4.69, 9.17) is 0 Å². The average molecular weight is 241 g/mol. The van der Waals surface area contributed by atoms with E-state index in [0.717, 1.165) is 18.0 Å². The highest BCUT2D eigenvalue weighted by molar-refractivity contribution is 5.50. The number of hydrogen-bond acceptors (Lipinski definition) is 3. The second-order valence-corrected chi connectivity index (χ2v) is 4.34. The number of pyridine rings is 1. The van der Waals surface area contributed by atoms with Gasteiger partial charge >= 0.3 is 0 Å². The maximum atomic E-state index is 4.27. The smallest absolute Gasteiger partial charge is 0.138 e. The van der Waals surface area contributed by atoms with Crippen molar-refractivity contribution < 1.29 is 0 Å². The Balaban J connectivity index is 1.77. The third-order valence-corrected chi connectivity index (χ3v) is 2.84. The number of nitrogens with one attached hydrogen (secondary N) is 1. The fourth-order valence-corrected chi connectivity index (χ4v) is 2.05. The van der Waals surface area contributed by atoms with Crippen molar-refractivity contribution in [2.45, 2.75) is 19.5 Å². The van der Waals surface area contributed by atoms with Crippen LogP contribution in [-0.4, -0.2) is 25.2 Å². The third kappa shape index (κ3) is 2.07. The molecule has 5 heteroatoms. The van der Waals surface area contributed by atoms with Crippen LogP contribution in [-0.2, 0) is 6.54 Å². The Kier molecular flexibility index (Phi) is 2.72. The first-order valence-electron chi connectivity index (χ1n) is 5.99. The monoisotopic (exact) mass is 241 g/mol. The molecule has 0 saturated heterocycles. The normalized spacial score (nSPS) is 12.7. The molecule has 0 spiro atoms. The van der Waals surface area contributed by atoms with Gasteiger partial charge in [-0.2, -0.15) is 5.10 Å². The van der Waals surface area contributed by atoms with Crippen LogP contribution in [0.2, 0.25) is 0 Å². The van der Waals surface area contributed by atoms with Crippen LogP contribution in [0.25, 0.3) is 5.65 Å². The van der Waals surface area contributed by atoms with Crippen molar-refractivity contribution >= 4 is 11.5 Å². The van der Waals surface area contributed by atoms with Crippen molar-refractivity contribution in [3.63, 3.8) is 0 Å². The molecule has 0 fully saturated rings. The Morgan fingerprint density at radius 2 is 2.17 bits per heavy atom. The van der Waals surface area contributed by atoms with Crippen molar-refractivity contribution in [3.05, 3.63) is 49.1 Å². The van der Waals surface area contributed by atoms with Gasteiger partial charge in [0.2, 0.25) is 0 Å². The predicted molar refractivity (Wildman–Crippen MR) is 70.5 cm³/mol. The lowest BCUT2D eigenvalue weighted by molar-refractivity contribution is 0.559. The Labute approximate surface area is 105 Å². The molecule has 1 atom stereocenters. The topological polar surface area (TPSA) is 47.2 Å². The standard InChI is InChI=1S/C13H15N5/c1-11(10-17-8-3-6-15-17)16-13-5-2-4-12-14-7-9-18(12)13/h2-9,11,16H,10H2,1H3. The van der Waals surface area contributed by atoms with E-state index in [9.17, 15) is 0 Å². The minimum Gasteiger partial charge on any atom is -0.367 e. The van der Waals surface area contributed by atoms with Crippen LogP contribution >= 0.6 is 0 Å². The molecule has 0 aliphatic carbocycles. The summed E-state index contributed by atoms with van der Waals surface area (Å²) in [4.78, 5) is 4.27. The van der Waals surface area contributed by atoms with Crippen LogP contribution < -0.4 is 5.32 Å². The molecule has 0 aliphatic heterocycles. The SMILES string of the molecule is CC(Cn1cccn1)Nc1cccc2nccn12. The lowest BCUT2D eigenvalue weighted by Crippen LogP contribution is -2.23. The first kappa shape index (κ1) is 10.8. The van der Waals surface area contributed by atoms with Crippen LogP contribution in [0.15, 0.2) is 49.1 Å². The van der Waals surface area contributed by atoms with E-state index in [2.05, 4.69) is 22.3 Å². The molecule has 3 aromatic heterocycles. The fraction of sp³-hybridized carbons (Fsp3) is 0.231. The van der Waals surface area contributed by atoms with Gasteiger partial charge in [0, 0.05) is 30.8 Å². The van der Waals surface area contributed by atoms with E-state index < -0.39 is 0 Å². The molecular formula is C13H15N5. The maximum Gasteiger partial charge on any atom is 0.138 e. The summed E-state index contributed by atoms with van der Waals surface area (Å²) in [7, 11) is 0. The Hall–Kier alpha value is -2.30. The zero-order chi connectivity index (χ0) is 12.4. The first-order chi connectivity index (χ1) is 8.83. The summed E-state index contributed by atoms with van der Waals surface area (Å²) in [6.07, 6.45) is 7.52. The van der Waals surface area contributed by atoms with Crippen molar-refractivity contribution in [1.29, 1.82) is 0 Å². The summed E-state index contributed by atoms with van der Waals surface area (Å²) in [5, 5.41) is 7.68. The number of hydrogen-bond donors (Lipinski definition) is 1. The maximum absolute atomic E-state index is 4.27. The molecular weight excluding hydrogens is 226 g/mol. The molecule has 0 saturated carbocycles. The molecule has 0 aromatic carbocycles. The van der Waals surface area contributed by atoms with E-state index in [0.29, 0.717) is 0 Å². The lowest BCUT2D eigenvalue weighted by atomic mass is 10.3. The number of rotatable bonds is 4. The predicted octanol–water partition coefficient (Wildman–Crippen LogP) is 2.03. The number of anilines is 1. The van der Waals surface area contributed by atoms with Crippen LogP contribution in [0.5, 0.6) is 0 Å². The van der Waals surface area contributed by atoms with Crippen molar-refractivity contribution in [2.75, 3.05) is 5.32 Å². The molecule has 0 radical (unpaired) electrons. The molecule has 3 aromatic rings. The number of aromatic nitrogens is 4. The quantitative estimate of drug-likeness (QED) is 0.760. The van der Waals surface area contributed by atoms with Crippen molar-refractivity contribution in [1.82, 2.24) is 19.2 Å². The van der Waals surface area contributed by atoms with Gasteiger partial charge < -0.3 is 5.32 Å². The van der Waals surface area contributed by atoms with Gasteiger partial charge in [0.15, 0.2) is 0 Å². The fourth-order valence-electron chi connectivity index (χ4n) is 2.05. The van der Waals surface area contributed by atoms with E-state index >= 15 is 0 Å². The van der Waals surface area contributed by atoms with Gasteiger partial charge in [0.25, 0.3) is 0 Å². The summed E-state index contributed by atoms with van der Waals surface area (Å²) in [6.45, 7) is 2.97. The minimum atomic E-state index is 0.290. The minimum absolute atomic E-state index is 0.290. The van der Waals surface area contributed by atoms with Gasteiger partial charge in [0.1, 0.15) is 11.5 Å². The highest BCUT2D eigenvalue weighted by Gasteiger charge is 2.06. The summed E-state index contributed by atoms with van der Waals surface area (Å²) in [5.74, 6) is 1.05. The zero-order valence-electron chi connectivity index (χ0n) is 10.2. The number of imidazole rings is 1. The molecule has 3 heterocycles. The molecule has 1 unspecified atom stereocenters. The zero-order valence-corrected chi connectivity index (χ0v) is 10.2. The van der Waals surface area contributed by atoms with Gasteiger partial charge in [-0.1, -0.05) is 6.07 Å².